The Morgan fingerprint density at radius 3 is 2.19 bits per heavy atom. The lowest BCUT2D eigenvalue weighted by molar-refractivity contribution is 0.626. The van der Waals surface area contributed by atoms with Gasteiger partial charge in [-0.25, -0.2) is 9.97 Å². The van der Waals surface area contributed by atoms with Crippen LogP contribution in [0.2, 0.25) is 0 Å². The lowest BCUT2D eigenvalue weighted by Crippen LogP contribution is -2.19. The summed E-state index contributed by atoms with van der Waals surface area (Å²) >= 11 is 0. The van der Waals surface area contributed by atoms with Crippen molar-refractivity contribution in [2.75, 3.05) is 0 Å². The Kier molecular flexibility index (Phi) is 4.04. The van der Waals surface area contributed by atoms with E-state index >= 15 is 0 Å². The average Bonchev–Trinajstić information content (AvgIpc) is 3.05. The monoisotopic (exact) mass is 414 g/mol. The molecular weight excluding hydrogens is 388 g/mol. The highest BCUT2D eigenvalue weighted by Gasteiger charge is 2.41. The molecule has 0 N–H and O–H groups in total. The van der Waals surface area contributed by atoms with Gasteiger partial charge in [0.1, 0.15) is 5.82 Å². The molecule has 0 aliphatic heterocycles. The van der Waals surface area contributed by atoms with E-state index < -0.39 is 0 Å². The van der Waals surface area contributed by atoms with Crippen LogP contribution in [0.15, 0.2) is 78.9 Å². The fraction of sp³-hybridized carbons (Fsp3) is 0.200. The normalized spacial score (nSPS) is 14.2. The maximum Gasteiger partial charge on any atom is 0.131 e. The first-order valence-electron chi connectivity index (χ1n) is 11.4. The number of hydrogen-bond donors (Lipinski definition) is 0. The molecule has 2 nitrogen and oxygen atoms in total. The SMILES string of the molecule is CC(C)c1nc(-c2ccc3ccccc3c2)c2c(n1)C(C)(C)c1c-2ccc2ccccc12. The van der Waals surface area contributed by atoms with Gasteiger partial charge in [0.25, 0.3) is 0 Å². The highest BCUT2D eigenvalue weighted by Crippen LogP contribution is 2.53. The predicted molar refractivity (Wildman–Crippen MR) is 134 cm³/mol. The summed E-state index contributed by atoms with van der Waals surface area (Å²) < 4.78 is 0. The zero-order chi connectivity index (χ0) is 22.0. The quantitative estimate of drug-likeness (QED) is 0.293. The van der Waals surface area contributed by atoms with Crippen LogP contribution in [0.25, 0.3) is 43.9 Å². The largest absolute Gasteiger partial charge is 0.236 e. The molecule has 32 heavy (non-hydrogen) atoms. The Bertz CT molecular complexity index is 1530. The fourth-order valence-electron chi connectivity index (χ4n) is 5.26. The fourth-order valence-corrected chi connectivity index (χ4v) is 5.26. The van der Waals surface area contributed by atoms with Gasteiger partial charge in [0.2, 0.25) is 0 Å². The minimum absolute atomic E-state index is 0.191. The molecule has 5 aromatic rings. The van der Waals surface area contributed by atoms with E-state index in [0.717, 1.165) is 22.8 Å². The first kappa shape index (κ1) is 19.2. The van der Waals surface area contributed by atoms with E-state index in [9.17, 15) is 0 Å². The molecule has 0 atom stereocenters. The maximum absolute atomic E-state index is 5.16. The Morgan fingerprint density at radius 2 is 1.41 bits per heavy atom. The molecule has 0 saturated heterocycles. The van der Waals surface area contributed by atoms with Crippen molar-refractivity contribution < 1.29 is 0 Å². The van der Waals surface area contributed by atoms with Crippen LogP contribution in [0.5, 0.6) is 0 Å². The van der Waals surface area contributed by atoms with Crippen LogP contribution in [0.1, 0.15) is 50.7 Å². The zero-order valence-electron chi connectivity index (χ0n) is 19.0. The molecule has 0 radical (unpaired) electrons. The van der Waals surface area contributed by atoms with Crippen LogP contribution < -0.4 is 0 Å². The van der Waals surface area contributed by atoms with Crippen molar-refractivity contribution in [1.29, 1.82) is 0 Å². The summed E-state index contributed by atoms with van der Waals surface area (Å²) in [6.45, 7) is 8.98. The van der Waals surface area contributed by atoms with E-state index in [1.807, 2.05) is 0 Å². The summed E-state index contributed by atoms with van der Waals surface area (Å²) in [5.41, 5.74) is 6.97. The third kappa shape index (κ3) is 2.65. The highest BCUT2D eigenvalue weighted by molar-refractivity contribution is 6.01. The Morgan fingerprint density at radius 1 is 0.719 bits per heavy atom. The molecule has 0 spiro atoms. The smallest absolute Gasteiger partial charge is 0.131 e. The standard InChI is InChI=1S/C30H26N2/c1-18(2)29-31-27(22-14-13-19-9-5-6-11-21(19)17-22)25-24-16-15-20-10-7-8-12-23(20)26(24)30(3,4)28(25)32-29/h5-18H,1-4H3. The first-order valence-corrected chi connectivity index (χ1v) is 11.4. The van der Waals surface area contributed by atoms with Crippen LogP contribution in [0, 0.1) is 0 Å². The second-order valence-electron chi connectivity index (χ2n) is 9.70. The van der Waals surface area contributed by atoms with Gasteiger partial charge in [-0.3, -0.25) is 0 Å². The van der Waals surface area contributed by atoms with Gasteiger partial charge in [-0.2, -0.15) is 0 Å². The van der Waals surface area contributed by atoms with Crippen molar-refractivity contribution >= 4 is 21.5 Å². The van der Waals surface area contributed by atoms with Crippen molar-refractivity contribution in [1.82, 2.24) is 9.97 Å². The summed E-state index contributed by atoms with van der Waals surface area (Å²) in [6, 6.07) is 28.4. The topological polar surface area (TPSA) is 25.8 Å². The van der Waals surface area contributed by atoms with E-state index in [1.165, 1.54) is 38.2 Å². The molecule has 4 aromatic carbocycles. The molecule has 1 aliphatic rings. The van der Waals surface area contributed by atoms with E-state index in [1.54, 1.807) is 0 Å². The summed E-state index contributed by atoms with van der Waals surface area (Å²) in [4.78, 5) is 10.3. The maximum atomic E-state index is 5.16. The van der Waals surface area contributed by atoms with Gasteiger partial charge in [0, 0.05) is 22.5 Å². The number of rotatable bonds is 2. The molecule has 1 heterocycles. The minimum atomic E-state index is -0.191. The van der Waals surface area contributed by atoms with Crippen LogP contribution in [0.4, 0.5) is 0 Å². The highest BCUT2D eigenvalue weighted by atomic mass is 14.9. The van der Waals surface area contributed by atoms with Gasteiger partial charge in [0.05, 0.1) is 11.4 Å². The van der Waals surface area contributed by atoms with Gasteiger partial charge >= 0.3 is 0 Å². The number of fused-ring (bicyclic) bond motifs is 6. The molecule has 0 fully saturated rings. The average molecular weight is 415 g/mol. The van der Waals surface area contributed by atoms with Crippen molar-refractivity contribution in [3.05, 3.63) is 95.9 Å². The van der Waals surface area contributed by atoms with Gasteiger partial charge in [-0.15, -0.1) is 0 Å². The third-order valence-electron chi connectivity index (χ3n) is 6.88. The molecule has 0 amide bonds. The molecule has 156 valence electrons. The first-order chi connectivity index (χ1) is 15.4. The van der Waals surface area contributed by atoms with Crippen molar-refractivity contribution in [2.24, 2.45) is 0 Å². The lowest BCUT2D eigenvalue weighted by Gasteiger charge is -2.23. The molecular formula is C30H26N2. The summed E-state index contributed by atoms with van der Waals surface area (Å²) in [7, 11) is 0. The Labute approximate surface area is 189 Å². The molecule has 0 saturated carbocycles. The van der Waals surface area contributed by atoms with Crippen molar-refractivity contribution in [2.45, 2.75) is 39.0 Å². The number of benzene rings is 4. The summed E-state index contributed by atoms with van der Waals surface area (Å²) in [5.74, 6) is 1.17. The second-order valence-corrected chi connectivity index (χ2v) is 9.70. The number of aromatic nitrogens is 2. The van der Waals surface area contributed by atoms with E-state index in [0.29, 0.717) is 0 Å². The molecule has 1 aliphatic carbocycles. The predicted octanol–water partition coefficient (Wildman–Crippen LogP) is 7.88. The van der Waals surface area contributed by atoms with E-state index in [-0.39, 0.29) is 11.3 Å². The third-order valence-corrected chi connectivity index (χ3v) is 6.88. The van der Waals surface area contributed by atoms with E-state index in [2.05, 4.69) is 107 Å². The van der Waals surface area contributed by atoms with E-state index in [4.69, 9.17) is 9.97 Å². The van der Waals surface area contributed by atoms with Crippen molar-refractivity contribution in [3.63, 3.8) is 0 Å². The van der Waals surface area contributed by atoms with Crippen molar-refractivity contribution in [3.8, 4) is 22.4 Å². The van der Waals surface area contributed by atoms with Gasteiger partial charge < -0.3 is 0 Å². The molecule has 0 unspecified atom stereocenters. The van der Waals surface area contributed by atoms with Crippen LogP contribution >= 0.6 is 0 Å². The molecule has 1 aromatic heterocycles. The Balaban J connectivity index is 1.72. The molecule has 2 heteroatoms. The molecule has 6 rings (SSSR count). The second kappa shape index (κ2) is 6.74. The lowest BCUT2D eigenvalue weighted by atomic mass is 9.82. The van der Waals surface area contributed by atoms with Gasteiger partial charge in [-0.05, 0) is 38.7 Å². The Hall–Kier alpha value is -3.52. The van der Waals surface area contributed by atoms with Gasteiger partial charge in [-0.1, -0.05) is 100 Å². The number of hydrogen-bond acceptors (Lipinski definition) is 2. The summed E-state index contributed by atoms with van der Waals surface area (Å²) in [6.07, 6.45) is 0. The summed E-state index contributed by atoms with van der Waals surface area (Å²) in [5, 5.41) is 5.07. The van der Waals surface area contributed by atoms with Crippen LogP contribution in [0.3, 0.4) is 0 Å². The van der Waals surface area contributed by atoms with Gasteiger partial charge in [0.15, 0.2) is 0 Å². The van der Waals surface area contributed by atoms with Crippen LogP contribution in [-0.2, 0) is 5.41 Å². The minimum Gasteiger partial charge on any atom is -0.236 e. The zero-order valence-corrected chi connectivity index (χ0v) is 19.0. The molecule has 0 bridgehead atoms. The van der Waals surface area contributed by atoms with Crippen LogP contribution in [-0.4, -0.2) is 9.97 Å². The number of nitrogens with zero attached hydrogens (tertiary/aromatic N) is 2.